The summed E-state index contributed by atoms with van der Waals surface area (Å²) in [7, 11) is 0. The lowest BCUT2D eigenvalue weighted by atomic mass is 9.75. The van der Waals surface area contributed by atoms with Crippen LogP contribution in [-0.4, -0.2) is 21.0 Å². The Balaban J connectivity index is 2.73. The van der Waals surface area contributed by atoms with Crippen LogP contribution in [0.4, 0.5) is 0 Å². The molecule has 0 saturated carbocycles. The van der Waals surface area contributed by atoms with Gasteiger partial charge in [-0.05, 0) is 38.0 Å². The van der Waals surface area contributed by atoms with Gasteiger partial charge in [0.1, 0.15) is 0 Å². The van der Waals surface area contributed by atoms with Crippen LogP contribution in [-0.2, 0) is 12.1 Å². The third kappa shape index (κ3) is 6.16. The van der Waals surface area contributed by atoms with Gasteiger partial charge in [0.15, 0.2) is 0 Å². The van der Waals surface area contributed by atoms with E-state index in [4.69, 9.17) is 0 Å². The summed E-state index contributed by atoms with van der Waals surface area (Å²) in [6.45, 7) is 18.9. The average Bonchev–Trinajstić information content (AvgIpc) is 2.71. The largest absolute Gasteiger partial charge is 0.309 e. The van der Waals surface area contributed by atoms with Crippen molar-refractivity contribution in [2.24, 2.45) is 11.3 Å². The van der Waals surface area contributed by atoms with Crippen LogP contribution in [0.5, 0.6) is 0 Å². The minimum atomic E-state index is -0.0124. The van der Waals surface area contributed by atoms with Crippen molar-refractivity contribution in [2.75, 3.05) is 0 Å². The van der Waals surface area contributed by atoms with Crippen molar-refractivity contribution in [1.29, 1.82) is 0 Å². The zero-order valence-corrected chi connectivity index (χ0v) is 15.2. The Morgan fingerprint density at radius 1 is 1.14 bits per heavy atom. The Kier molecular flexibility index (Phi) is 5.97. The molecule has 1 N–H and O–H groups in total. The van der Waals surface area contributed by atoms with Crippen molar-refractivity contribution in [3.05, 3.63) is 11.9 Å². The molecule has 21 heavy (non-hydrogen) atoms. The molecule has 0 fully saturated rings. The van der Waals surface area contributed by atoms with E-state index in [-0.39, 0.29) is 5.54 Å². The summed E-state index contributed by atoms with van der Waals surface area (Å²) in [6, 6.07) is 0.466. The molecule has 0 aliphatic rings. The van der Waals surface area contributed by atoms with E-state index in [9.17, 15) is 0 Å². The van der Waals surface area contributed by atoms with Crippen LogP contribution in [0, 0.1) is 11.3 Å². The van der Waals surface area contributed by atoms with Crippen molar-refractivity contribution in [2.45, 2.75) is 86.4 Å². The summed E-state index contributed by atoms with van der Waals surface area (Å²) >= 11 is 0. The Morgan fingerprint density at radius 3 is 2.29 bits per heavy atom. The minimum Gasteiger partial charge on any atom is -0.309 e. The van der Waals surface area contributed by atoms with Gasteiger partial charge in [0.2, 0.25) is 0 Å². The number of hydrogen-bond acceptors (Lipinski definition) is 3. The van der Waals surface area contributed by atoms with Crippen molar-refractivity contribution in [3.63, 3.8) is 0 Å². The van der Waals surface area contributed by atoms with Crippen LogP contribution in [0.25, 0.3) is 0 Å². The Hall–Kier alpha value is -0.900. The first kappa shape index (κ1) is 18.1. The lowest BCUT2D eigenvalue weighted by molar-refractivity contribution is 0.155. The Bertz CT molecular complexity index is 430. The maximum atomic E-state index is 4.36. The number of nitrogens with one attached hydrogen (secondary N) is 1. The zero-order chi connectivity index (χ0) is 16.3. The van der Waals surface area contributed by atoms with E-state index in [0.717, 1.165) is 24.6 Å². The molecule has 4 heteroatoms. The normalized spacial score (nSPS) is 13.4. The number of hydrogen-bond donors (Lipinski definition) is 1. The molecule has 1 aromatic rings. The average molecular weight is 294 g/mol. The van der Waals surface area contributed by atoms with Gasteiger partial charge in [0.25, 0.3) is 0 Å². The van der Waals surface area contributed by atoms with Crippen LogP contribution in [0.3, 0.4) is 0 Å². The quantitative estimate of drug-likeness (QED) is 0.789. The van der Waals surface area contributed by atoms with Crippen LogP contribution >= 0.6 is 0 Å². The molecule has 0 spiro atoms. The molecule has 0 amide bonds. The topological polar surface area (TPSA) is 42.7 Å². The predicted molar refractivity (Wildman–Crippen MR) is 89.2 cm³/mol. The minimum absolute atomic E-state index is 0.0124. The molecule has 0 aliphatic carbocycles. The van der Waals surface area contributed by atoms with Gasteiger partial charge < -0.3 is 5.32 Å². The molecule has 0 aliphatic heterocycles. The fourth-order valence-corrected chi connectivity index (χ4v) is 3.41. The summed E-state index contributed by atoms with van der Waals surface area (Å²) in [5, 5.41) is 12.0. The highest BCUT2D eigenvalue weighted by Gasteiger charge is 2.31. The molecule has 0 aromatic carbocycles. The second kappa shape index (κ2) is 6.91. The molecule has 0 radical (unpaired) electrons. The van der Waals surface area contributed by atoms with Gasteiger partial charge in [-0.3, -0.25) is 0 Å². The van der Waals surface area contributed by atoms with Gasteiger partial charge in [-0.15, -0.1) is 5.10 Å². The second-order valence-electron chi connectivity index (χ2n) is 8.44. The van der Waals surface area contributed by atoms with E-state index in [2.05, 4.69) is 77.2 Å². The molecule has 0 saturated heterocycles. The van der Waals surface area contributed by atoms with Gasteiger partial charge in [0, 0.05) is 12.6 Å². The molecule has 0 bridgehead atoms. The van der Waals surface area contributed by atoms with Gasteiger partial charge in [0.05, 0.1) is 17.4 Å². The summed E-state index contributed by atoms with van der Waals surface area (Å²) in [4.78, 5) is 0. The summed E-state index contributed by atoms with van der Waals surface area (Å²) in [5.74, 6) is 0.720. The third-order valence-electron chi connectivity index (χ3n) is 3.72. The first-order chi connectivity index (χ1) is 9.52. The van der Waals surface area contributed by atoms with Crippen molar-refractivity contribution < 1.29 is 0 Å². The van der Waals surface area contributed by atoms with Gasteiger partial charge in [-0.2, -0.15) is 0 Å². The summed E-state index contributed by atoms with van der Waals surface area (Å²) < 4.78 is 2.03. The van der Waals surface area contributed by atoms with E-state index in [0.29, 0.717) is 11.5 Å². The molecular formula is C17H34N4. The summed E-state index contributed by atoms with van der Waals surface area (Å²) in [6.07, 6.45) is 4.41. The highest BCUT2D eigenvalue weighted by atomic mass is 15.4. The molecule has 4 nitrogen and oxygen atoms in total. The molecule has 0 unspecified atom stereocenters. The maximum absolute atomic E-state index is 4.36. The molecule has 122 valence electrons. The van der Waals surface area contributed by atoms with E-state index in [1.807, 2.05) is 4.68 Å². The van der Waals surface area contributed by atoms with Crippen molar-refractivity contribution in [3.8, 4) is 0 Å². The van der Waals surface area contributed by atoms with E-state index in [1.165, 1.54) is 6.42 Å². The standard InChI is InChI=1S/C17H34N4/c1-13(2)9-16(5,6)12-17(7,8)21-11-15(19-20-21)10-18-14(3)4/h11,13-14,18H,9-10,12H2,1-8H3. The smallest absolute Gasteiger partial charge is 0.0965 e. The Morgan fingerprint density at radius 2 is 1.76 bits per heavy atom. The molecule has 1 rings (SSSR count). The zero-order valence-electron chi connectivity index (χ0n) is 15.2. The monoisotopic (exact) mass is 294 g/mol. The highest BCUT2D eigenvalue weighted by Crippen LogP contribution is 2.37. The first-order valence-corrected chi connectivity index (χ1v) is 8.17. The lowest BCUT2D eigenvalue weighted by Crippen LogP contribution is -2.33. The molecule has 1 heterocycles. The highest BCUT2D eigenvalue weighted by molar-refractivity contribution is 4.96. The maximum Gasteiger partial charge on any atom is 0.0965 e. The van der Waals surface area contributed by atoms with Crippen molar-refractivity contribution >= 4 is 0 Å². The lowest BCUT2D eigenvalue weighted by Gasteiger charge is -2.36. The summed E-state index contributed by atoms with van der Waals surface area (Å²) in [5.41, 5.74) is 1.31. The fourth-order valence-electron chi connectivity index (χ4n) is 3.41. The van der Waals surface area contributed by atoms with Gasteiger partial charge in [-0.25, -0.2) is 4.68 Å². The number of nitrogens with zero attached hydrogens (tertiary/aromatic N) is 3. The Labute approximate surface area is 130 Å². The van der Waals surface area contributed by atoms with Crippen LogP contribution < -0.4 is 5.32 Å². The third-order valence-corrected chi connectivity index (χ3v) is 3.72. The molecule has 1 aromatic heterocycles. The van der Waals surface area contributed by atoms with Crippen LogP contribution in [0.15, 0.2) is 6.20 Å². The van der Waals surface area contributed by atoms with Crippen LogP contribution in [0.2, 0.25) is 0 Å². The van der Waals surface area contributed by atoms with Crippen molar-refractivity contribution in [1.82, 2.24) is 20.3 Å². The van der Waals surface area contributed by atoms with Gasteiger partial charge in [-0.1, -0.05) is 46.8 Å². The molecule has 0 atom stereocenters. The first-order valence-electron chi connectivity index (χ1n) is 8.17. The SMILES string of the molecule is CC(C)CC(C)(C)CC(C)(C)n1cc(CNC(C)C)nn1. The predicted octanol–water partition coefficient (Wildman–Crippen LogP) is 3.97. The van der Waals surface area contributed by atoms with E-state index >= 15 is 0 Å². The van der Waals surface area contributed by atoms with Gasteiger partial charge >= 0.3 is 0 Å². The number of rotatable bonds is 8. The van der Waals surface area contributed by atoms with E-state index < -0.39 is 0 Å². The molecular weight excluding hydrogens is 260 g/mol. The fraction of sp³-hybridized carbons (Fsp3) is 0.882. The van der Waals surface area contributed by atoms with Crippen LogP contribution in [0.1, 0.15) is 73.9 Å². The number of aromatic nitrogens is 3. The second-order valence-corrected chi connectivity index (χ2v) is 8.44. The van der Waals surface area contributed by atoms with E-state index in [1.54, 1.807) is 0 Å².